The van der Waals surface area contributed by atoms with Crippen molar-refractivity contribution in [3.8, 4) is 16.9 Å². The zero-order valence-electron chi connectivity index (χ0n) is 8.72. The summed E-state index contributed by atoms with van der Waals surface area (Å²) in [7, 11) is 0. The van der Waals surface area contributed by atoms with Gasteiger partial charge in [-0.05, 0) is 35.4 Å². The van der Waals surface area contributed by atoms with Gasteiger partial charge in [0.05, 0.1) is 10.6 Å². The minimum atomic E-state index is -1.06. The normalized spacial score (nSPS) is 10.2. The number of benzene rings is 2. The van der Waals surface area contributed by atoms with Crippen molar-refractivity contribution >= 4 is 17.6 Å². The van der Waals surface area contributed by atoms with Crippen LogP contribution >= 0.6 is 11.6 Å². The van der Waals surface area contributed by atoms with E-state index in [1.54, 1.807) is 36.4 Å². The van der Waals surface area contributed by atoms with Gasteiger partial charge >= 0.3 is 5.97 Å². The number of hydrogen-bond donors (Lipinski definition) is 2. The Morgan fingerprint density at radius 2 is 1.59 bits per heavy atom. The van der Waals surface area contributed by atoms with E-state index >= 15 is 0 Å². The molecule has 0 fully saturated rings. The van der Waals surface area contributed by atoms with Crippen molar-refractivity contribution in [3.05, 3.63) is 53.1 Å². The first kappa shape index (κ1) is 11.5. The number of aromatic hydroxyl groups is 1. The topological polar surface area (TPSA) is 57.5 Å². The summed E-state index contributed by atoms with van der Waals surface area (Å²) < 4.78 is 0. The highest BCUT2D eigenvalue weighted by atomic mass is 35.5. The molecule has 2 N–H and O–H groups in total. The summed E-state index contributed by atoms with van der Waals surface area (Å²) in [5.74, 6) is -0.892. The molecule has 0 spiro atoms. The van der Waals surface area contributed by atoms with Gasteiger partial charge in [-0.15, -0.1) is 0 Å². The Hall–Kier alpha value is -2.00. The number of halogens is 1. The Labute approximate surface area is 103 Å². The molecule has 0 aliphatic heterocycles. The number of phenolic OH excluding ortho intramolecular Hbond substituents is 1. The lowest BCUT2D eigenvalue weighted by Gasteiger charge is -2.05. The van der Waals surface area contributed by atoms with Crippen LogP contribution in [0, 0.1) is 0 Å². The highest BCUT2D eigenvalue weighted by molar-refractivity contribution is 6.33. The van der Waals surface area contributed by atoms with Crippen LogP contribution in [0.3, 0.4) is 0 Å². The summed E-state index contributed by atoms with van der Waals surface area (Å²) in [6.45, 7) is 0. The number of rotatable bonds is 2. The molecule has 86 valence electrons. The lowest BCUT2D eigenvalue weighted by molar-refractivity contribution is 0.0697. The van der Waals surface area contributed by atoms with Crippen molar-refractivity contribution < 1.29 is 15.0 Å². The zero-order chi connectivity index (χ0) is 12.4. The molecule has 0 amide bonds. The van der Waals surface area contributed by atoms with Crippen LogP contribution in [0.1, 0.15) is 10.4 Å². The van der Waals surface area contributed by atoms with Gasteiger partial charge in [-0.3, -0.25) is 0 Å². The quantitative estimate of drug-likeness (QED) is 0.856. The molecule has 0 unspecified atom stereocenters. The summed E-state index contributed by atoms with van der Waals surface area (Å²) in [6.07, 6.45) is 0. The number of carbonyl (C=O) groups is 1. The molecular weight excluding hydrogens is 240 g/mol. The van der Waals surface area contributed by atoms with E-state index in [0.29, 0.717) is 0 Å². The molecule has 3 nitrogen and oxygen atoms in total. The SMILES string of the molecule is O=C(O)c1cc(-c2ccc(O)cc2)ccc1Cl. The van der Waals surface area contributed by atoms with Gasteiger partial charge in [-0.1, -0.05) is 29.8 Å². The molecule has 4 heteroatoms. The van der Waals surface area contributed by atoms with Crippen LogP contribution in [-0.2, 0) is 0 Å². The minimum Gasteiger partial charge on any atom is -0.508 e. The van der Waals surface area contributed by atoms with E-state index in [9.17, 15) is 9.90 Å². The molecule has 0 aliphatic carbocycles. The van der Waals surface area contributed by atoms with Gasteiger partial charge in [-0.2, -0.15) is 0 Å². The van der Waals surface area contributed by atoms with E-state index in [4.69, 9.17) is 16.7 Å². The van der Waals surface area contributed by atoms with Crippen LogP contribution < -0.4 is 0 Å². The fourth-order valence-electron chi connectivity index (χ4n) is 1.52. The maximum Gasteiger partial charge on any atom is 0.337 e. The van der Waals surface area contributed by atoms with Crippen LogP contribution in [0.25, 0.3) is 11.1 Å². The summed E-state index contributed by atoms with van der Waals surface area (Å²) >= 11 is 5.78. The first-order chi connectivity index (χ1) is 8.08. The van der Waals surface area contributed by atoms with Crippen LogP contribution in [0.2, 0.25) is 5.02 Å². The van der Waals surface area contributed by atoms with Crippen molar-refractivity contribution in [1.82, 2.24) is 0 Å². The second-order valence-electron chi connectivity index (χ2n) is 3.55. The lowest BCUT2D eigenvalue weighted by atomic mass is 10.0. The molecule has 0 saturated carbocycles. The largest absolute Gasteiger partial charge is 0.508 e. The smallest absolute Gasteiger partial charge is 0.337 e. The Morgan fingerprint density at radius 1 is 1.00 bits per heavy atom. The maximum atomic E-state index is 10.9. The van der Waals surface area contributed by atoms with Crippen molar-refractivity contribution in [2.24, 2.45) is 0 Å². The predicted octanol–water partition coefficient (Wildman–Crippen LogP) is 3.41. The van der Waals surface area contributed by atoms with Gasteiger partial charge in [0.25, 0.3) is 0 Å². The highest BCUT2D eigenvalue weighted by Crippen LogP contribution is 2.26. The van der Waals surface area contributed by atoms with E-state index in [0.717, 1.165) is 11.1 Å². The van der Waals surface area contributed by atoms with Crippen LogP contribution in [0.4, 0.5) is 0 Å². The third-order valence-corrected chi connectivity index (χ3v) is 2.73. The standard InChI is InChI=1S/C13H9ClO3/c14-12-6-3-9(7-11(12)13(16)17)8-1-4-10(15)5-2-8/h1-7,15H,(H,16,17). The Kier molecular flexibility index (Phi) is 3.02. The second-order valence-corrected chi connectivity index (χ2v) is 3.95. The van der Waals surface area contributed by atoms with Gasteiger partial charge in [0.15, 0.2) is 0 Å². The first-order valence-electron chi connectivity index (χ1n) is 4.90. The summed E-state index contributed by atoms with van der Waals surface area (Å²) in [5, 5.41) is 18.3. The van der Waals surface area contributed by atoms with Crippen molar-refractivity contribution in [1.29, 1.82) is 0 Å². The van der Waals surface area contributed by atoms with E-state index in [2.05, 4.69) is 0 Å². The molecule has 2 aromatic rings. The van der Waals surface area contributed by atoms with E-state index in [-0.39, 0.29) is 16.3 Å². The third kappa shape index (κ3) is 2.40. The van der Waals surface area contributed by atoms with E-state index in [1.165, 1.54) is 6.07 Å². The van der Waals surface area contributed by atoms with Gasteiger partial charge in [0, 0.05) is 0 Å². The summed E-state index contributed by atoms with van der Waals surface area (Å²) in [6, 6.07) is 11.3. The van der Waals surface area contributed by atoms with Gasteiger partial charge in [-0.25, -0.2) is 4.79 Å². The van der Waals surface area contributed by atoms with Crippen molar-refractivity contribution in [2.45, 2.75) is 0 Å². The second kappa shape index (κ2) is 4.47. The van der Waals surface area contributed by atoms with E-state index in [1.807, 2.05) is 0 Å². The number of hydrogen-bond acceptors (Lipinski definition) is 2. The molecule has 0 atom stereocenters. The molecule has 0 bridgehead atoms. The molecular formula is C13H9ClO3. The molecule has 0 aromatic heterocycles. The number of carboxylic acid groups (broad SMARTS) is 1. The Morgan fingerprint density at radius 3 is 2.18 bits per heavy atom. The summed E-state index contributed by atoms with van der Waals surface area (Å²) in [4.78, 5) is 10.9. The van der Waals surface area contributed by atoms with Gasteiger partial charge < -0.3 is 10.2 Å². The van der Waals surface area contributed by atoms with Crippen LogP contribution in [0.5, 0.6) is 5.75 Å². The third-order valence-electron chi connectivity index (χ3n) is 2.40. The fraction of sp³-hybridized carbons (Fsp3) is 0. The fourth-order valence-corrected chi connectivity index (χ4v) is 1.72. The van der Waals surface area contributed by atoms with Gasteiger partial charge in [0.2, 0.25) is 0 Å². The van der Waals surface area contributed by atoms with Crippen LogP contribution in [-0.4, -0.2) is 16.2 Å². The van der Waals surface area contributed by atoms with Crippen molar-refractivity contribution in [3.63, 3.8) is 0 Å². The average Bonchev–Trinajstić information content (AvgIpc) is 2.30. The lowest BCUT2D eigenvalue weighted by Crippen LogP contribution is -1.97. The molecule has 2 rings (SSSR count). The minimum absolute atomic E-state index is 0.0669. The highest BCUT2D eigenvalue weighted by Gasteiger charge is 2.10. The predicted molar refractivity (Wildman–Crippen MR) is 65.5 cm³/mol. The number of phenols is 1. The average molecular weight is 249 g/mol. The maximum absolute atomic E-state index is 10.9. The monoisotopic (exact) mass is 248 g/mol. The zero-order valence-corrected chi connectivity index (χ0v) is 9.48. The molecule has 2 aromatic carbocycles. The van der Waals surface area contributed by atoms with Crippen molar-refractivity contribution in [2.75, 3.05) is 0 Å². The molecule has 0 heterocycles. The molecule has 0 saturated heterocycles. The van der Waals surface area contributed by atoms with Crippen LogP contribution in [0.15, 0.2) is 42.5 Å². The summed E-state index contributed by atoms with van der Waals surface area (Å²) in [5.41, 5.74) is 1.63. The first-order valence-corrected chi connectivity index (χ1v) is 5.28. The Bertz CT molecular complexity index is 561. The Balaban J connectivity index is 2.50. The molecule has 0 aliphatic rings. The number of carboxylic acids is 1. The molecule has 0 radical (unpaired) electrons. The molecule has 17 heavy (non-hydrogen) atoms. The van der Waals surface area contributed by atoms with E-state index < -0.39 is 5.97 Å². The van der Waals surface area contributed by atoms with Gasteiger partial charge in [0.1, 0.15) is 5.75 Å². The number of aromatic carboxylic acids is 1.